The third kappa shape index (κ3) is 3.19. The average Bonchev–Trinajstić information content (AvgIpc) is 2.33. The van der Waals surface area contributed by atoms with Crippen LogP contribution < -0.4 is 5.73 Å². The molecule has 0 unspecified atom stereocenters. The van der Waals surface area contributed by atoms with Crippen LogP contribution in [0.3, 0.4) is 0 Å². The van der Waals surface area contributed by atoms with Gasteiger partial charge < -0.3 is 5.73 Å². The van der Waals surface area contributed by atoms with Crippen LogP contribution in [0.2, 0.25) is 0 Å². The van der Waals surface area contributed by atoms with Gasteiger partial charge in [0.2, 0.25) is 0 Å². The molecule has 2 heteroatoms. The Kier molecular flexibility index (Phi) is 4.14. The van der Waals surface area contributed by atoms with Crippen LogP contribution in [0, 0.1) is 0 Å². The summed E-state index contributed by atoms with van der Waals surface area (Å²) in [7, 11) is 0. The number of benzene rings is 1. The van der Waals surface area contributed by atoms with Gasteiger partial charge >= 0.3 is 0 Å². The van der Waals surface area contributed by atoms with Gasteiger partial charge in [0.25, 0.3) is 0 Å². The average molecular weight is 216 g/mol. The van der Waals surface area contributed by atoms with Gasteiger partial charge in [-0.15, -0.1) is 0 Å². The minimum Gasteiger partial charge on any atom is -0.330 e. The van der Waals surface area contributed by atoms with E-state index in [1.165, 1.54) is 24.1 Å². The lowest BCUT2D eigenvalue weighted by Gasteiger charge is -2.23. The normalized spacial score (nSPS) is 16.6. The highest BCUT2D eigenvalue weighted by molar-refractivity contribution is 5.22. The number of hydrogen-bond donors (Lipinski definition) is 1. The molecule has 2 rings (SSSR count). The molecule has 0 bridgehead atoms. The Bertz CT molecular complexity index is 340. The Labute approximate surface area is 97.8 Å². The predicted octanol–water partition coefficient (Wildman–Crippen LogP) is 1.95. The molecule has 0 saturated heterocycles. The van der Waals surface area contributed by atoms with Gasteiger partial charge in [0.15, 0.2) is 0 Å². The van der Waals surface area contributed by atoms with Gasteiger partial charge in [-0.25, -0.2) is 0 Å². The molecule has 0 atom stereocenters. The number of rotatable bonds is 4. The van der Waals surface area contributed by atoms with Crippen LogP contribution in [0.15, 0.2) is 36.4 Å². The van der Waals surface area contributed by atoms with E-state index in [0.717, 1.165) is 26.1 Å². The minimum absolute atomic E-state index is 0.732. The highest BCUT2D eigenvalue weighted by Crippen LogP contribution is 2.10. The molecular formula is C14H20N2. The van der Waals surface area contributed by atoms with E-state index in [1.807, 2.05) is 0 Å². The van der Waals surface area contributed by atoms with Crippen molar-refractivity contribution < 1.29 is 0 Å². The van der Waals surface area contributed by atoms with Crippen molar-refractivity contribution in [3.05, 3.63) is 47.5 Å². The van der Waals surface area contributed by atoms with Gasteiger partial charge in [0.05, 0.1) is 0 Å². The SMILES string of the molecule is NCCc1ccc(CN2CC=CCC2)cc1. The van der Waals surface area contributed by atoms with E-state index < -0.39 is 0 Å². The topological polar surface area (TPSA) is 29.3 Å². The molecule has 0 aliphatic carbocycles. The highest BCUT2D eigenvalue weighted by Gasteiger charge is 2.06. The second-order valence-corrected chi connectivity index (χ2v) is 4.35. The molecule has 1 aromatic rings. The Morgan fingerprint density at radius 2 is 1.81 bits per heavy atom. The van der Waals surface area contributed by atoms with Crippen LogP contribution in [0.25, 0.3) is 0 Å². The van der Waals surface area contributed by atoms with Gasteiger partial charge in [-0.3, -0.25) is 4.90 Å². The maximum Gasteiger partial charge on any atom is 0.0237 e. The van der Waals surface area contributed by atoms with Crippen molar-refractivity contribution in [2.24, 2.45) is 5.73 Å². The maximum absolute atomic E-state index is 5.53. The summed E-state index contributed by atoms with van der Waals surface area (Å²) >= 11 is 0. The maximum atomic E-state index is 5.53. The third-order valence-electron chi connectivity index (χ3n) is 3.00. The van der Waals surface area contributed by atoms with E-state index in [1.54, 1.807) is 0 Å². The zero-order valence-electron chi connectivity index (χ0n) is 9.73. The molecule has 2 nitrogen and oxygen atoms in total. The monoisotopic (exact) mass is 216 g/mol. The van der Waals surface area contributed by atoms with Crippen molar-refractivity contribution >= 4 is 0 Å². The molecule has 1 aromatic carbocycles. The van der Waals surface area contributed by atoms with Crippen molar-refractivity contribution in [3.8, 4) is 0 Å². The lowest BCUT2D eigenvalue weighted by molar-refractivity contribution is 0.290. The van der Waals surface area contributed by atoms with Gasteiger partial charge in [-0.1, -0.05) is 36.4 Å². The quantitative estimate of drug-likeness (QED) is 0.779. The van der Waals surface area contributed by atoms with Crippen LogP contribution in [0.5, 0.6) is 0 Å². The summed E-state index contributed by atoms with van der Waals surface area (Å²) in [6, 6.07) is 8.84. The fourth-order valence-corrected chi connectivity index (χ4v) is 2.07. The zero-order valence-corrected chi connectivity index (χ0v) is 9.73. The molecule has 16 heavy (non-hydrogen) atoms. The second-order valence-electron chi connectivity index (χ2n) is 4.35. The summed E-state index contributed by atoms with van der Waals surface area (Å²) in [5.41, 5.74) is 8.27. The first kappa shape index (κ1) is 11.4. The first-order chi connectivity index (χ1) is 7.88. The lowest BCUT2D eigenvalue weighted by atomic mass is 10.1. The van der Waals surface area contributed by atoms with Crippen molar-refractivity contribution in [2.45, 2.75) is 19.4 Å². The summed E-state index contributed by atoms with van der Waals surface area (Å²) < 4.78 is 0. The van der Waals surface area contributed by atoms with Crippen molar-refractivity contribution in [1.82, 2.24) is 4.90 Å². The molecule has 0 fully saturated rings. The molecule has 1 aliphatic heterocycles. The summed E-state index contributed by atoms with van der Waals surface area (Å²) in [5, 5.41) is 0. The number of nitrogens with two attached hydrogens (primary N) is 1. The van der Waals surface area contributed by atoms with Gasteiger partial charge in [0.1, 0.15) is 0 Å². The van der Waals surface area contributed by atoms with E-state index in [4.69, 9.17) is 5.73 Å². The molecule has 1 heterocycles. The molecule has 0 saturated carbocycles. The van der Waals surface area contributed by atoms with E-state index in [9.17, 15) is 0 Å². The predicted molar refractivity (Wildman–Crippen MR) is 68.2 cm³/mol. The molecule has 2 N–H and O–H groups in total. The first-order valence-electron chi connectivity index (χ1n) is 6.04. The standard InChI is InChI=1S/C14H20N2/c15-9-8-13-4-6-14(7-5-13)12-16-10-2-1-3-11-16/h1-2,4-7H,3,8-12,15H2. The third-order valence-corrected chi connectivity index (χ3v) is 3.00. The van der Waals surface area contributed by atoms with Gasteiger partial charge in [0, 0.05) is 19.6 Å². The van der Waals surface area contributed by atoms with E-state index in [0.29, 0.717) is 0 Å². The summed E-state index contributed by atoms with van der Waals surface area (Å²) in [5.74, 6) is 0. The summed E-state index contributed by atoms with van der Waals surface area (Å²) in [6.45, 7) is 4.06. The molecule has 0 radical (unpaired) electrons. The van der Waals surface area contributed by atoms with E-state index in [-0.39, 0.29) is 0 Å². The Balaban J connectivity index is 1.91. The Hall–Kier alpha value is -1.12. The van der Waals surface area contributed by atoms with Crippen LogP contribution in [-0.2, 0) is 13.0 Å². The number of nitrogens with zero attached hydrogens (tertiary/aromatic N) is 1. The van der Waals surface area contributed by atoms with Crippen molar-refractivity contribution in [2.75, 3.05) is 19.6 Å². The molecule has 0 aromatic heterocycles. The van der Waals surface area contributed by atoms with Gasteiger partial charge in [-0.05, 0) is 30.5 Å². The minimum atomic E-state index is 0.732. The van der Waals surface area contributed by atoms with Crippen LogP contribution in [-0.4, -0.2) is 24.5 Å². The summed E-state index contributed by atoms with van der Waals surface area (Å²) in [6.07, 6.45) is 6.69. The van der Waals surface area contributed by atoms with Crippen molar-refractivity contribution in [1.29, 1.82) is 0 Å². The van der Waals surface area contributed by atoms with Crippen LogP contribution in [0.4, 0.5) is 0 Å². The molecule has 0 spiro atoms. The van der Waals surface area contributed by atoms with E-state index >= 15 is 0 Å². The van der Waals surface area contributed by atoms with Crippen LogP contribution in [0.1, 0.15) is 17.5 Å². The zero-order chi connectivity index (χ0) is 11.2. The number of hydrogen-bond acceptors (Lipinski definition) is 2. The van der Waals surface area contributed by atoms with Gasteiger partial charge in [-0.2, -0.15) is 0 Å². The fourth-order valence-electron chi connectivity index (χ4n) is 2.07. The second kappa shape index (κ2) is 5.83. The first-order valence-corrected chi connectivity index (χ1v) is 6.04. The highest BCUT2D eigenvalue weighted by atomic mass is 15.1. The Morgan fingerprint density at radius 3 is 2.44 bits per heavy atom. The summed E-state index contributed by atoms with van der Waals surface area (Å²) in [4.78, 5) is 2.47. The molecule has 0 amide bonds. The molecule has 1 aliphatic rings. The molecule has 86 valence electrons. The largest absolute Gasteiger partial charge is 0.330 e. The Morgan fingerprint density at radius 1 is 1.06 bits per heavy atom. The van der Waals surface area contributed by atoms with Crippen molar-refractivity contribution in [3.63, 3.8) is 0 Å². The van der Waals surface area contributed by atoms with E-state index in [2.05, 4.69) is 41.3 Å². The smallest absolute Gasteiger partial charge is 0.0237 e. The molecular weight excluding hydrogens is 196 g/mol. The lowest BCUT2D eigenvalue weighted by Crippen LogP contribution is -2.26. The fraction of sp³-hybridized carbons (Fsp3) is 0.429. The van der Waals surface area contributed by atoms with Crippen LogP contribution >= 0.6 is 0 Å².